The number of alkyl carbamates (subject to hydrolysis) is 1. The summed E-state index contributed by atoms with van der Waals surface area (Å²) in [6.45, 7) is 6.65. The number of carbonyl (C=O) groups excluding carboxylic acids is 2. The minimum Gasteiger partial charge on any atom is -0.450 e. The molecular weight excluding hydrogens is 612 g/mol. The van der Waals surface area contributed by atoms with Gasteiger partial charge in [0.05, 0.1) is 28.4 Å². The lowest BCUT2D eigenvalue weighted by atomic mass is 9.72. The number of nitrogens with one attached hydrogen (secondary N) is 2. The van der Waals surface area contributed by atoms with Gasteiger partial charge in [-0.25, -0.2) is 9.78 Å². The average molecular weight is 663 g/mol. The van der Waals surface area contributed by atoms with Crippen LogP contribution >= 0.6 is 11.6 Å². The molecule has 0 radical (unpaired) electrons. The van der Waals surface area contributed by atoms with E-state index in [9.17, 15) is 14.7 Å². The number of benzene rings is 2. The zero-order valence-corrected chi connectivity index (χ0v) is 29.1. The van der Waals surface area contributed by atoms with Crippen molar-refractivity contribution in [3.63, 3.8) is 0 Å². The number of amides is 2. The molecule has 1 aliphatic carbocycles. The standard InChI is InChI=1S/C38H51ClN4O4/c1-25(2)30-11-5-9-27-18-19-33(42-35(27)30)34-31(12-6-13-32(34)39)38(46,20-8-22-47-37(45)41-4)29-10-7-21-43(24-29)36(44)28-16-14-26(15-17-28)23-40-3/h5-6,9,11-13,18-19,25-26,28-29,40,46H,7-8,10,14-17,20-24H2,1-4H3,(H,41,45)/t26?,28?,29-,38+/m1/s1. The molecule has 9 heteroatoms. The van der Waals surface area contributed by atoms with Crippen LogP contribution < -0.4 is 10.6 Å². The largest absolute Gasteiger partial charge is 0.450 e. The smallest absolute Gasteiger partial charge is 0.406 e. The topological polar surface area (TPSA) is 104 Å². The molecule has 2 heterocycles. The highest BCUT2D eigenvalue weighted by molar-refractivity contribution is 6.33. The van der Waals surface area contributed by atoms with E-state index in [0.717, 1.165) is 61.5 Å². The second-order valence-corrected chi connectivity index (χ2v) is 14.2. The van der Waals surface area contributed by atoms with Gasteiger partial charge in [-0.2, -0.15) is 0 Å². The highest BCUT2D eigenvalue weighted by Crippen LogP contribution is 2.46. The van der Waals surface area contributed by atoms with E-state index in [1.807, 2.05) is 36.2 Å². The quantitative estimate of drug-likeness (QED) is 0.187. The van der Waals surface area contributed by atoms with Crippen LogP contribution in [-0.4, -0.2) is 67.3 Å². The fourth-order valence-electron chi connectivity index (χ4n) is 7.79. The number of rotatable bonds is 11. The van der Waals surface area contributed by atoms with Crippen LogP contribution in [0.3, 0.4) is 0 Å². The van der Waals surface area contributed by atoms with E-state index in [1.54, 1.807) is 0 Å². The molecule has 3 N–H and O–H groups in total. The Bertz CT molecular complexity index is 1540. The molecule has 2 atom stereocenters. The molecule has 1 saturated heterocycles. The molecule has 0 unspecified atom stereocenters. The number of hydrogen-bond acceptors (Lipinski definition) is 6. The monoisotopic (exact) mass is 662 g/mol. The van der Waals surface area contributed by atoms with Crippen LogP contribution in [0.4, 0.5) is 4.79 Å². The molecule has 2 aliphatic rings. The number of piperidine rings is 1. The second-order valence-electron chi connectivity index (χ2n) is 13.7. The number of ether oxygens (including phenoxy) is 1. The van der Waals surface area contributed by atoms with E-state index in [1.165, 1.54) is 7.05 Å². The summed E-state index contributed by atoms with van der Waals surface area (Å²) >= 11 is 7.00. The number of hydrogen-bond donors (Lipinski definition) is 3. The van der Waals surface area contributed by atoms with Crippen molar-refractivity contribution in [2.24, 2.45) is 17.8 Å². The molecule has 2 fully saturated rings. The van der Waals surface area contributed by atoms with Gasteiger partial charge in [0.25, 0.3) is 0 Å². The Morgan fingerprint density at radius 1 is 1.06 bits per heavy atom. The van der Waals surface area contributed by atoms with E-state index >= 15 is 0 Å². The van der Waals surface area contributed by atoms with Crippen LogP contribution in [-0.2, 0) is 15.1 Å². The predicted octanol–water partition coefficient (Wildman–Crippen LogP) is 7.27. The van der Waals surface area contributed by atoms with Gasteiger partial charge in [-0.05, 0) is 100 Å². The van der Waals surface area contributed by atoms with Crippen LogP contribution in [0, 0.1) is 17.8 Å². The maximum atomic E-state index is 13.9. The van der Waals surface area contributed by atoms with Gasteiger partial charge in [-0.15, -0.1) is 0 Å². The minimum absolute atomic E-state index is 0.0367. The first-order valence-electron chi connectivity index (χ1n) is 17.4. The number of para-hydroxylation sites is 1. The number of halogens is 1. The van der Waals surface area contributed by atoms with E-state index in [-0.39, 0.29) is 30.3 Å². The van der Waals surface area contributed by atoms with Crippen LogP contribution in [0.2, 0.25) is 5.02 Å². The molecular formula is C38H51ClN4O4. The van der Waals surface area contributed by atoms with E-state index in [0.29, 0.717) is 53.7 Å². The fourth-order valence-corrected chi connectivity index (χ4v) is 8.06. The van der Waals surface area contributed by atoms with Crippen LogP contribution in [0.15, 0.2) is 48.5 Å². The molecule has 1 aromatic heterocycles. The summed E-state index contributed by atoms with van der Waals surface area (Å²) in [7, 11) is 3.51. The molecule has 1 aliphatic heterocycles. The van der Waals surface area contributed by atoms with Crippen LogP contribution in [0.25, 0.3) is 22.2 Å². The molecule has 0 bridgehead atoms. The highest BCUT2D eigenvalue weighted by Gasteiger charge is 2.44. The highest BCUT2D eigenvalue weighted by atomic mass is 35.5. The van der Waals surface area contributed by atoms with Gasteiger partial charge in [0.2, 0.25) is 5.91 Å². The third kappa shape index (κ3) is 7.93. The van der Waals surface area contributed by atoms with Crippen molar-refractivity contribution in [3.05, 3.63) is 64.7 Å². The van der Waals surface area contributed by atoms with Gasteiger partial charge < -0.3 is 25.4 Å². The summed E-state index contributed by atoms with van der Waals surface area (Å²) in [4.78, 5) is 32.9. The molecule has 1 saturated carbocycles. The Morgan fingerprint density at radius 3 is 2.55 bits per heavy atom. The Morgan fingerprint density at radius 2 is 1.83 bits per heavy atom. The van der Waals surface area contributed by atoms with Gasteiger partial charge >= 0.3 is 6.09 Å². The maximum Gasteiger partial charge on any atom is 0.406 e. The summed E-state index contributed by atoms with van der Waals surface area (Å²) in [5.41, 5.74) is 2.84. The lowest BCUT2D eigenvalue weighted by Crippen LogP contribution is -2.50. The summed E-state index contributed by atoms with van der Waals surface area (Å²) in [6, 6.07) is 16.0. The van der Waals surface area contributed by atoms with Crippen molar-refractivity contribution in [1.82, 2.24) is 20.5 Å². The van der Waals surface area contributed by atoms with Crippen LogP contribution in [0.5, 0.6) is 0 Å². The van der Waals surface area contributed by atoms with Crippen molar-refractivity contribution in [2.45, 2.75) is 76.7 Å². The van der Waals surface area contributed by atoms with Gasteiger partial charge in [0.15, 0.2) is 0 Å². The molecule has 5 rings (SSSR count). The Balaban J connectivity index is 1.49. The summed E-state index contributed by atoms with van der Waals surface area (Å²) < 4.78 is 5.33. The van der Waals surface area contributed by atoms with Crippen molar-refractivity contribution in [1.29, 1.82) is 0 Å². The van der Waals surface area contributed by atoms with Gasteiger partial charge in [0, 0.05) is 42.9 Å². The molecule has 0 spiro atoms. The number of carbonyl (C=O) groups is 2. The fraction of sp³-hybridized carbons (Fsp3) is 0.553. The summed E-state index contributed by atoms with van der Waals surface area (Å²) in [5, 5.41) is 20.3. The van der Waals surface area contributed by atoms with Crippen molar-refractivity contribution >= 4 is 34.5 Å². The van der Waals surface area contributed by atoms with Crippen molar-refractivity contribution in [3.8, 4) is 11.3 Å². The zero-order valence-electron chi connectivity index (χ0n) is 28.4. The number of aliphatic hydroxyl groups is 1. The lowest BCUT2D eigenvalue weighted by Gasteiger charge is -2.44. The average Bonchev–Trinajstić information content (AvgIpc) is 3.09. The minimum atomic E-state index is -1.34. The lowest BCUT2D eigenvalue weighted by molar-refractivity contribution is -0.142. The number of likely N-dealkylation sites (tertiary alicyclic amines) is 1. The number of aromatic nitrogens is 1. The maximum absolute atomic E-state index is 13.9. The third-order valence-electron chi connectivity index (χ3n) is 10.3. The second kappa shape index (κ2) is 15.8. The van der Waals surface area contributed by atoms with Gasteiger partial charge in [-0.3, -0.25) is 4.79 Å². The summed E-state index contributed by atoms with van der Waals surface area (Å²) in [5.74, 6) is 0.932. The molecule has 8 nitrogen and oxygen atoms in total. The first-order valence-corrected chi connectivity index (χ1v) is 17.7. The molecule has 2 amide bonds. The third-order valence-corrected chi connectivity index (χ3v) is 10.7. The van der Waals surface area contributed by atoms with Gasteiger partial charge in [0.1, 0.15) is 0 Å². The first-order chi connectivity index (χ1) is 22.7. The van der Waals surface area contributed by atoms with Crippen LogP contribution in [0.1, 0.15) is 82.3 Å². The molecule has 47 heavy (non-hydrogen) atoms. The number of pyridine rings is 1. The Hall–Kier alpha value is -3.20. The van der Waals surface area contributed by atoms with Crippen molar-refractivity contribution in [2.75, 3.05) is 40.3 Å². The number of nitrogens with zero attached hydrogens (tertiary/aromatic N) is 2. The Labute approximate surface area is 284 Å². The SMILES string of the molecule is CNCC1CCC(C(=O)N2CCC[C@@H]([C@@](O)(CCCOC(=O)NC)c3cccc(Cl)c3-c3ccc4cccc(C(C)C)c4n3)C2)CC1. The summed E-state index contributed by atoms with van der Waals surface area (Å²) in [6.07, 6.45) is 5.81. The first kappa shape index (κ1) is 35.1. The van der Waals surface area contributed by atoms with Crippen molar-refractivity contribution < 1.29 is 19.4 Å². The normalized spacial score (nSPS) is 21.4. The molecule has 3 aromatic rings. The van der Waals surface area contributed by atoms with E-state index in [2.05, 4.69) is 48.7 Å². The number of fused-ring (bicyclic) bond motifs is 1. The zero-order chi connectivity index (χ0) is 33.6. The van der Waals surface area contributed by atoms with E-state index < -0.39 is 11.7 Å². The Kier molecular flexibility index (Phi) is 11.8. The predicted molar refractivity (Wildman–Crippen MR) is 188 cm³/mol. The van der Waals surface area contributed by atoms with Gasteiger partial charge in [-0.1, -0.05) is 61.8 Å². The molecule has 2 aromatic carbocycles. The van der Waals surface area contributed by atoms with E-state index in [4.69, 9.17) is 21.3 Å². The molecule has 254 valence electrons.